The zero-order chi connectivity index (χ0) is 18.7. The van der Waals surface area contributed by atoms with Crippen molar-refractivity contribution in [3.63, 3.8) is 0 Å². The number of carbonyl (C=O) groups is 1. The number of halogens is 4. The molecule has 26 heavy (non-hydrogen) atoms. The van der Waals surface area contributed by atoms with Crippen LogP contribution in [0, 0.1) is 0 Å². The number of nitrogens with one attached hydrogen (secondary N) is 1. The minimum atomic E-state index is -4.42. The molecule has 8 heteroatoms. The van der Waals surface area contributed by atoms with Gasteiger partial charge in [-0.25, -0.2) is 0 Å². The van der Waals surface area contributed by atoms with Gasteiger partial charge in [0.1, 0.15) is 0 Å². The van der Waals surface area contributed by atoms with Crippen molar-refractivity contribution in [3.05, 3.63) is 65.3 Å². The number of benzene rings is 2. The molecule has 134 valence electrons. The third-order valence-corrected chi connectivity index (χ3v) is 4.94. The molecule has 1 amide bonds. The fourth-order valence-corrected chi connectivity index (χ4v) is 3.34. The topological polar surface area (TPSA) is 42.0 Å². The number of rotatable bonds is 4. The summed E-state index contributed by atoms with van der Waals surface area (Å²) >= 11 is 7.21. The maximum Gasteiger partial charge on any atom is 0.416 e. The van der Waals surface area contributed by atoms with E-state index >= 15 is 0 Å². The first kappa shape index (κ1) is 18.5. The first-order valence-corrected chi connectivity index (χ1v) is 8.84. The van der Waals surface area contributed by atoms with Crippen LogP contribution in [0.15, 0.2) is 59.6 Å². The zero-order valence-electron chi connectivity index (χ0n) is 13.2. The molecule has 0 aliphatic heterocycles. The van der Waals surface area contributed by atoms with E-state index in [1.54, 1.807) is 30.3 Å². The Balaban J connectivity index is 1.75. The number of pyridine rings is 1. The Morgan fingerprint density at radius 2 is 1.92 bits per heavy atom. The van der Waals surface area contributed by atoms with Gasteiger partial charge in [0.2, 0.25) is 5.91 Å². The number of carbonyl (C=O) groups excluding carboxylic acids is 1. The van der Waals surface area contributed by atoms with Crippen LogP contribution in [0.5, 0.6) is 0 Å². The highest BCUT2D eigenvalue weighted by atomic mass is 35.5. The Labute approximate surface area is 156 Å². The van der Waals surface area contributed by atoms with Crippen LogP contribution in [0.4, 0.5) is 18.9 Å². The second kappa shape index (κ2) is 7.55. The molecule has 2 aromatic carbocycles. The van der Waals surface area contributed by atoms with E-state index in [0.29, 0.717) is 21.0 Å². The van der Waals surface area contributed by atoms with Crippen molar-refractivity contribution in [2.24, 2.45) is 0 Å². The molecule has 0 saturated heterocycles. The van der Waals surface area contributed by atoms with Crippen LogP contribution >= 0.6 is 23.4 Å². The fourth-order valence-electron chi connectivity index (χ4n) is 2.32. The number of para-hydroxylation sites is 1. The molecule has 0 saturated carbocycles. The van der Waals surface area contributed by atoms with E-state index in [1.165, 1.54) is 24.0 Å². The lowest BCUT2D eigenvalue weighted by Crippen LogP contribution is -2.14. The van der Waals surface area contributed by atoms with Gasteiger partial charge >= 0.3 is 6.18 Å². The van der Waals surface area contributed by atoms with E-state index in [0.717, 1.165) is 12.1 Å². The van der Waals surface area contributed by atoms with Crippen LogP contribution < -0.4 is 5.32 Å². The quantitative estimate of drug-likeness (QED) is 0.580. The van der Waals surface area contributed by atoms with Gasteiger partial charge in [0.25, 0.3) is 0 Å². The summed E-state index contributed by atoms with van der Waals surface area (Å²) in [4.78, 5) is 16.8. The van der Waals surface area contributed by atoms with Gasteiger partial charge in [0.15, 0.2) is 0 Å². The van der Waals surface area contributed by atoms with Crippen molar-refractivity contribution < 1.29 is 18.0 Å². The number of hydrogen-bond donors (Lipinski definition) is 1. The number of aromatic nitrogens is 1. The largest absolute Gasteiger partial charge is 0.416 e. The zero-order valence-corrected chi connectivity index (χ0v) is 14.8. The van der Waals surface area contributed by atoms with Crippen molar-refractivity contribution in [3.8, 4) is 0 Å². The van der Waals surface area contributed by atoms with Gasteiger partial charge in [-0.1, -0.05) is 29.8 Å². The molecular formula is C18H12ClF3N2OS. The smallest absolute Gasteiger partial charge is 0.324 e. The van der Waals surface area contributed by atoms with Crippen molar-refractivity contribution in [1.82, 2.24) is 4.98 Å². The summed E-state index contributed by atoms with van der Waals surface area (Å²) in [7, 11) is 0. The van der Waals surface area contributed by atoms with Crippen LogP contribution in [0.1, 0.15) is 5.56 Å². The number of fused-ring (bicyclic) bond motifs is 1. The van der Waals surface area contributed by atoms with Gasteiger partial charge in [-0.05, 0) is 30.3 Å². The highest BCUT2D eigenvalue weighted by Gasteiger charge is 2.30. The van der Waals surface area contributed by atoms with Crippen molar-refractivity contribution in [2.75, 3.05) is 11.1 Å². The number of thioether (sulfide) groups is 1. The van der Waals surface area contributed by atoms with Crippen molar-refractivity contribution in [1.29, 1.82) is 0 Å². The predicted molar refractivity (Wildman–Crippen MR) is 97.6 cm³/mol. The summed E-state index contributed by atoms with van der Waals surface area (Å²) in [6.45, 7) is 0. The van der Waals surface area contributed by atoms with Crippen LogP contribution in [0.25, 0.3) is 10.9 Å². The lowest BCUT2D eigenvalue weighted by atomic mass is 10.1. The number of nitrogens with zero attached hydrogens (tertiary/aromatic N) is 1. The average molecular weight is 397 g/mol. The molecule has 3 aromatic rings. The molecular weight excluding hydrogens is 385 g/mol. The van der Waals surface area contributed by atoms with Gasteiger partial charge in [-0.15, -0.1) is 11.8 Å². The highest BCUT2D eigenvalue weighted by Crippen LogP contribution is 2.33. The van der Waals surface area contributed by atoms with Gasteiger partial charge in [-0.2, -0.15) is 13.2 Å². The molecule has 0 spiro atoms. The first-order chi connectivity index (χ1) is 12.3. The molecule has 1 aromatic heterocycles. The second-order valence-corrected chi connectivity index (χ2v) is 6.78. The maximum absolute atomic E-state index is 12.8. The minimum Gasteiger partial charge on any atom is -0.324 e. The van der Waals surface area contributed by atoms with Gasteiger partial charge in [0, 0.05) is 16.5 Å². The first-order valence-electron chi connectivity index (χ1n) is 7.48. The van der Waals surface area contributed by atoms with Gasteiger partial charge in [0.05, 0.1) is 27.5 Å². The lowest BCUT2D eigenvalue weighted by molar-refractivity contribution is -0.137. The van der Waals surface area contributed by atoms with Gasteiger partial charge < -0.3 is 5.32 Å². The van der Waals surface area contributed by atoms with Crippen LogP contribution in [0.2, 0.25) is 5.02 Å². The highest BCUT2D eigenvalue weighted by molar-refractivity contribution is 8.00. The molecule has 0 aliphatic carbocycles. The lowest BCUT2D eigenvalue weighted by Gasteiger charge is -2.10. The molecule has 1 N–H and O–H groups in total. The number of anilines is 1. The number of hydrogen-bond acceptors (Lipinski definition) is 3. The molecule has 0 aliphatic rings. The second-order valence-electron chi connectivity index (χ2n) is 5.36. The molecule has 0 unspecified atom stereocenters. The van der Waals surface area contributed by atoms with E-state index < -0.39 is 11.7 Å². The summed E-state index contributed by atoms with van der Waals surface area (Å²) in [5, 5.41) is 3.70. The van der Waals surface area contributed by atoms with Crippen molar-refractivity contribution in [2.45, 2.75) is 11.1 Å². The third-order valence-electron chi connectivity index (χ3n) is 3.54. The summed E-state index contributed by atoms with van der Waals surface area (Å²) in [6.07, 6.45) is -3.00. The summed E-state index contributed by atoms with van der Waals surface area (Å²) in [5.41, 5.74) is -0.0124. The average Bonchev–Trinajstić information content (AvgIpc) is 2.60. The Morgan fingerprint density at radius 1 is 1.15 bits per heavy atom. The monoisotopic (exact) mass is 396 g/mol. The van der Waals surface area contributed by atoms with E-state index in [9.17, 15) is 18.0 Å². The van der Waals surface area contributed by atoms with Crippen LogP contribution in [-0.2, 0) is 11.0 Å². The van der Waals surface area contributed by atoms with E-state index in [2.05, 4.69) is 10.3 Å². The maximum atomic E-state index is 12.8. The molecule has 1 heterocycles. The Kier molecular flexibility index (Phi) is 5.38. The fraction of sp³-hybridized carbons (Fsp3) is 0.111. The molecule has 0 atom stereocenters. The Morgan fingerprint density at radius 3 is 2.65 bits per heavy atom. The molecule has 0 fully saturated rings. The van der Waals surface area contributed by atoms with Gasteiger partial charge in [-0.3, -0.25) is 9.78 Å². The van der Waals surface area contributed by atoms with Crippen molar-refractivity contribution >= 4 is 45.9 Å². The number of amides is 1. The molecule has 0 bridgehead atoms. The standard InChI is InChI=1S/C18H12ClF3N2OS/c19-13-3-1-2-4-14(13)24-17(25)10-26-16-7-8-23-15-9-11(18(20,21)22)5-6-12(15)16/h1-9H,10H2,(H,24,25). The molecule has 3 nitrogen and oxygen atoms in total. The summed E-state index contributed by atoms with van der Waals surface area (Å²) in [6, 6.07) is 11.9. The minimum absolute atomic E-state index is 0.0886. The SMILES string of the molecule is O=C(CSc1ccnc2cc(C(F)(F)F)ccc12)Nc1ccccc1Cl. The Hall–Kier alpha value is -2.25. The van der Waals surface area contributed by atoms with Crippen LogP contribution in [0.3, 0.4) is 0 Å². The summed E-state index contributed by atoms with van der Waals surface area (Å²) in [5.74, 6) is -0.175. The van der Waals surface area contributed by atoms with E-state index in [4.69, 9.17) is 11.6 Å². The van der Waals surface area contributed by atoms with E-state index in [-0.39, 0.29) is 17.2 Å². The Bertz CT molecular complexity index is 963. The van der Waals surface area contributed by atoms with Crippen LogP contribution in [-0.4, -0.2) is 16.6 Å². The third kappa shape index (κ3) is 4.28. The van der Waals surface area contributed by atoms with E-state index in [1.807, 2.05) is 0 Å². The normalized spacial score (nSPS) is 11.5. The molecule has 0 radical (unpaired) electrons. The molecule has 3 rings (SSSR count). The number of alkyl halides is 3. The summed E-state index contributed by atoms with van der Waals surface area (Å²) < 4.78 is 38.4. The predicted octanol–water partition coefficient (Wildman–Crippen LogP) is 5.64.